The van der Waals surface area contributed by atoms with Crippen LogP contribution in [0, 0.1) is 25.2 Å². The van der Waals surface area contributed by atoms with Gasteiger partial charge in [0.25, 0.3) is 0 Å². The van der Waals surface area contributed by atoms with Gasteiger partial charge in [-0.1, -0.05) is 23.8 Å². The molecular weight excluding hydrogens is 412 g/mol. The van der Waals surface area contributed by atoms with E-state index in [0.29, 0.717) is 27.6 Å². The van der Waals surface area contributed by atoms with Gasteiger partial charge in [-0.3, -0.25) is 4.79 Å². The predicted octanol–water partition coefficient (Wildman–Crippen LogP) is 5.43. The third-order valence-electron chi connectivity index (χ3n) is 4.55. The van der Waals surface area contributed by atoms with E-state index in [1.54, 1.807) is 18.2 Å². The summed E-state index contributed by atoms with van der Waals surface area (Å²) in [6, 6.07) is 11.8. The fourth-order valence-corrected chi connectivity index (χ4v) is 3.94. The van der Waals surface area contributed by atoms with Crippen molar-refractivity contribution < 1.29 is 19.0 Å². The molecule has 0 radical (unpaired) electrons. The van der Waals surface area contributed by atoms with E-state index in [1.165, 1.54) is 38.0 Å². The Balaban J connectivity index is 2.02. The summed E-state index contributed by atoms with van der Waals surface area (Å²) in [7, 11) is 2.94. The molecule has 7 heteroatoms. The summed E-state index contributed by atoms with van der Waals surface area (Å²) in [5, 5.41) is 12.3. The summed E-state index contributed by atoms with van der Waals surface area (Å²) in [5.74, 6) is 0.361. The Morgan fingerprint density at radius 2 is 1.81 bits per heavy atom. The molecule has 0 spiro atoms. The van der Waals surface area contributed by atoms with Gasteiger partial charge in [-0.15, -0.1) is 11.3 Å². The highest BCUT2D eigenvalue weighted by atomic mass is 32.1. The highest BCUT2D eigenvalue weighted by molar-refractivity contribution is 7.11. The van der Waals surface area contributed by atoms with E-state index < -0.39 is 5.97 Å². The second-order valence-electron chi connectivity index (χ2n) is 6.87. The normalized spacial score (nSPS) is 11.0. The van der Waals surface area contributed by atoms with E-state index in [4.69, 9.17) is 14.2 Å². The molecule has 1 heterocycles. The number of aromatic nitrogens is 1. The Bertz CT molecular complexity index is 1180. The molecule has 0 bridgehead atoms. The molecule has 3 rings (SSSR count). The minimum Gasteiger partial charge on any atom is -0.493 e. The SMILES string of the molecule is COc1cc(/C=C(/C#N)c2nc(-c3ccc(C)cc3C)cs2)cc(OC)c1OC(C)=O. The third-order valence-corrected chi connectivity index (χ3v) is 5.43. The number of carbonyl (C=O) groups excluding carboxylic acids is 1. The number of thiazole rings is 1. The first-order valence-corrected chi connectivity index (χ1v) is 10.3. The van der Waals surface area contributed by atoms with Gasteiger partial charge < -0.3 is 14.2 Å². The number of carbonyl (C=O) groups is 1. The Kier molecular flexibility index (Phi) is 6.73. The van der Waals surface area contributed by atoms with Gasteiger partial charge in [-0.05, 0) is 43.2 Å². The Morgan fingerprint density at radius 3 is 2.35 bits per heavy atom. The van der Waals surface area contributed by atoms with Crippen LogP contribution in [0.1, 0.15) is 28.6 Å². The number of nitrogens with zero attached hydrogens (tertiary/aromatic N) is 2. The lowest BCUT2D eigenvalue weighted by Crippen LogP contribution is -2.05. The number of benzene rings is 2. The maximum atomic E-state index is 11.4. The summed E-state index contributed by atoms with van der Waals surface area (Å²) in [5.41, 5.74) is 5.26. The smallest absolute Gasteiger partial charge is 0.308 e. The second kappa shape index (κ2) is 9.45. The quantitative estimate of drug-likeness (QED) is 0.292. The number of hydrogen-bond donors (Lipinski definition) is 0. The zero-order valence-electron chi connectivity index (χ0n) is 18.0. The maximum Gasteiger partial charge on any atom is 0.308 e. The second-order valence-corrected chi connectivity index (χ2v) is 7.73. The summed E-state index contributed by atoms with van der Waals surface area (Å²) in [4.78, 5) is 16.1. The summed E-state index contributed by atoms with van der Waals surface area (Å²) < 4.78 is 15.9. The van der Waals surface area contributed by atoms with Crippen LogP contribution in [0.25, 0.3) is 22.9 Å². The van der Waals surface area contributed by atoms with Gasteiger partial charge in [0.1, 0.15) is 11.1 Å². The van der Waals surface area contributed by atoms with Gasteiger partial charge in [-0.2, -0.15) is 5.26 Å². The number of hydrogen-bond acceptors (Lipinski definition) is 7. The third kappa shape index (κ3) is 4.93. The number of methoxy groups -OCH3 is 2. The minimum absolute atomic E-state index is 0.194. The number of nitriles is 1. The van der Waals surface area contributed by atoms with Crippen molar-refractivity contribution in [2.45, 2.75) is 20.8 Å². The van der Waals surface area contributed by atoms with Crippen molar-refractivity contribution in [2.75, 3.05) is 14.2 Å². The van der Waals surface area contributed by atoms with E-state index in [9.17, 15) is 10.1 Å². The molecule has 3 aromatic rings. The van der Waals surface area contributed by atoms with Gasteiger partial charge in [0.05, 0.1) is 25.5 Å². The van der Waals surface area contributed by atoms with Crippen LogP contribution in [0.4, 0.5) is 0 Å². The molecule has 0 aliphatic heterocycles. The predicted molar refractivity (Wildman–Crippen MR) is 121 cm³/mol. The van der Waals surface area contributed by atoms with Crippen molar-refractivity contribution in [1.82, 2.24) is 4.98 Å². The molecule has 0 fully saturated rings. The van der Waals surface area contributed by atoms with E-state index >= 15 is 0 Å². The van der Waals surface area contributed by atoms with Crippen LogP contribution in [0.2, 0.25) is 0 Å². The number of allylic oxidation sites excluding steroid dienone is 1. The molecule has 0 N–H and O–H groups in total. The molecule has 0 aliphatic carbocycles. The van der Waals surface area contributed by atoms with E-state index in [-0.39, 0.29) is 5.75 Å². The van der Waals surface area contributed by atoms with Crippen LogP contribution in [0.5, 0.6) is 17.2 Å². The van der Waals surface area contributed by atoms with Crippen LogP contribution in [-0.2, 0) is 4.79 Å². The maximum absolute atomic E-state index is 11.4. The van der Waals surface area contributed by atoms with Crippen molar-refractivity contribution in [2.24, 2.45) is 0 Å². The zero-order valence-corrected chi connectivity index (χ0v) is 18.8. The number of ether oxygens (including phenoxy) is 3. The van der Waals surface area contributed by atoms with Crippen LogP contribution in [0.3, 0.4) is 0 Å². The van der Waals surface area contributed by atoms with Crippen molar-refractivity contribution in [3.63, 3.8) is 0 Å². The molecule has 0 atom stereocenters. The molecule has 1 aromatic heterocycles. The summed E-state index contributed by atoms with van der Waals surface area (Å²) in [6.07, 6.45) is 1.70. The Labute approximate surface area is 185 Å². The Morgan fingerprint density at radius 1 is 1.13 bits per heavy atom. The van der Waals surface area contributed by atoms with Crippen molar-refractivity contribution in [3.05, 3.63) is 57.4 Å². The first-order valence-electron chi connectivity index (χ1n) is 9.46. The first kappa shape index (κ1) is 22.1. The van der Waals surface area contributed by atoms with E-state index in [1.807, 2.05) is 24.4 Å². The fourth-order valence-electron chi connectivity index (χ4n) is 3.16. The van der Waals surface area contributed by atoms with Crippen LogP contribution < -0.4 is 14.2 Å². The summed E-state index contributed by atoms with van der Waals surface area (Å²) >= 11 is 1.41. The van der Waals surface area contributed by atoms with Gasteiger partial charge in [0.15, 0.2) is 11.5 Å². The van der Waals surface area contributed by atoms with Crippen LogP contribution in [-0.4, -0.2) is 25.2 Å². The lowest BCUT2D eigenvalue weighted by Gasteiger charge is -2.13. The lowest BCUT2D eigenvalue weighted by molar-refractivity contribution is -0.132. The van der Waals surface area contributed by atoms with Crippen LogP contribution >= 0.6 is 11.3 Å². The lowest BCUT2D eigenvalue weighted by atomic mass is 10.0. The van der Waals surface area contributed by atoms with Gasteiger partial charge in [-0.25, -0.2) is 4.98 Å². The standard InChI is InChI=1S/C24H22N2O4S/c1-14-6-7-19(15(2)8-14)20-13-31-24(26-20)18(12-25)9-17-10-21(28-4)23(30-16(3)27)22(11-17)29-5/h6-11,13H,1-5H3/b18-9-. The van der Waals surface area contributed by atoms with E-state index in [2.05, 4.69) is 24.0 Å². The van der Waals surface area contributed by atoms with Crippen molar-refractivity contribution in [3.8, 4) is 34.6 Å². The molecule has 2 aromatic carbocycles. The fraction of sp³-hybridized carbons (Fsp3) is 0.208. The molecular formula is C24H22N2O4S. The number of esters is 1. The zero-order chi connectivity index (χ0) is 22.5. The number of aryl methyl sites for hydroxylation is 2. The number of rotatable bonds is 6. The first-order chi connectivity index (χ1) is 14.9. The highest BCUT2D eigenvalue weighted by Crippen LogP contribution is 2.40. The molecule has 0 amide bonds. The van der Waals surface area contributed by atoms with Crippen LogP contribution in [0.15, 0.2) is 35.7 Å². The minimum atomic E-state index is -0.487. The topological polar surface area (TPSA) is 81.4 Å². The molecule has 0 unspecified atom stereocenters. The molecule has 6 nitrogen and oxygen atoms in total. The largest absolute Gasteiger partial charge is 0.493 e. The van der Waals surface area contributed by atoms with Gasteiger partial charge >= 0.3 is 5.97 Å². The average Bonchev–Trinajstić information content (AvgIpc) is 3.21. The average molecular weight is 435 g/mol. The highest BCUT2D eigenvalue weighted by Gasteiger charge is 2.17. The van der Waals surface area contributed by atoms with Gasteiger partial charge in [0, 0.05) is 17.9 Å². The van der Waals surface area contributed by atoms with Gasteiger partial charge in [0.2, 0.25) is 5.75 Å². The monoisotopic (exact) mass is 434 g/mol. The molecule has 158 valence electrons. The van der Waals surface area contributed by atoms with Crippen molar-refractivity contribution in [1.29, 1.82) is 5.26 Å². The molecule has 0 saturated carbocycles. The van der Waals surface area contributed by atoms with E-state index in [0.717, 1.165) is 16.8 Å². The summed E-state index contributed by atoms with van der Waals surface area (Å²) in [6.45, 7) is 5.40. The van der Waals surface area contributed by atoms with Crippen molar-refractivity contribution >= 4 is 29.0 Å². The Hall–Kier alpha value is -3.63. The molecule has 0 aliphatic rings. The molecule has 31 heavy (non-hydrogen) atoms. The molecule has 0 saturated heterocycles.